The Hall–Kier alpha value is -0.730. The molecule has 1 aromatic carbocycles. The minimum Gasteiger partial charge on any atom is -0.371 e. The zero-order chi connectivity index (χ0) is 13.7. The first-order chi connectivity index (χ1) is 9.20. The quantitative estimate of drug-likeness (QED) is 0.818. The summed E-state index contributed by atoms with van der Waals surface area (Å²) < 4.78 is 0. The van der Waals surface area contributed by atoms with Crippen LogP contribution >= 0.6 is 11.6 Å². The van der Waals surface area contributed by atoms with E-state index in [0.29, 0.717) is 0 Å². The number of anilines is 1. The van der Waals surface area contributed by atoms with Crippen molar-refractivity contribution in [1.82, 2.24) is 5.32 Å². The smallest absolute Gasteiger partial charge is 0.0471 e. The number of rotatable bonds is 5. The van der Waals surface area contributed by atoms with Gasteiger partial charge in [0.05, 0.1) is 0 Å². The largest absolute Gasteiger partial charge is 0.371 e. The van der Waals surface area contributed by atoms with Crippen LogP contribution < -0.4 is 10.2 Å². The molecule has 0 unspecified atom stereocenters. The molecule has 1 heterocycles. The van der Waals surface area contributed by atoms with Crippen LogP contribution in [0.2, 0.25) is 5.02 Å². The summed E-state index contributed by atoms with van der Waals surface area (Å²) in [6, 6.07) is 6.50. The maximum atomic E-state index is 6.39. The molecule has 0 aliphatic carbocycles. The normalized spacial score (nSPS) is 16.9. The van der Waals surface area contributed by atoms with Gasteiger partial charge in [0.1, 0.15) is 0 Å². The molecule has 0 aromatic heterocycles. The fraction of sp³-hybridized carbons (Fsp3) is 0.625. The van der Waals surface area contributed by atoms with Gasteiger partial charge in [-0.3, -0.25) is 0 Å². The summed E-state index contributed by atoms with van der Waals surface area (Å²) in [6.07, 6.45) is 3.73. The van der Waals surface area contributed by atoms with E-state index in [-0.39, 0.29) is 0 Å². The van der Waals surface area contributed by atoms with E-state index in [9.17, 15) is 0 Å². The number of nitrogens with zero attached hydrogens (tertiary/aromatic N) is 1. The summed E-state index contributed by atoms with van der Waals surface area (Å²) in [4.78, 5) is 2.45. The Bertz CT molecular complexity index is 398. The fourth-order valence-corrected chi connectivity index (χ4v) is 2.78. The average molecular weight is 281 g/mol. The van der Waals surface area contributed by atoms with E-state index >= 15 is 0 Å². The molecule has 19 heavy (non-hydrogen) atoms. The molecule has 0 radical (unpaired) electrons. The van der Waals surface area contributed by atoms with Crippen molar-refractivity contribution in [3.63, 3.8) is 0 Å². The second-order valence-corrected chi connectivity index (χ2v) is 6.03. The molecule has 3 heteroatoms. The van der Waals surface area contributed by atoms with Crippen molar-refractivity contribution in [2.24, 2.45) is 5.92 Å². The van der Waals surface area contributed by atoms with Crippen molar-refractivity contribution in [3.8, 4) is 0 Å². The van der Waals surface area contributed by atoms with Crippen molar-refractivity contribution in [2.45, 2.75) is 39.7 Å². The third-order valence-electron chi connectivity index (χ3n) is 3.93. The Labute approximate surface area is 122 Å². The van der Waals surface area contributed by atoms with Crippen LogP contribution in [0, 0.1) is 5.92 Å². The van der Waals surface area contributed by atoms with Gasteiger partial charge in [-0.15, -0.1) is 0 Å². The zero-order valence-electron chi connectivity index (χ0n) is 12.1. The van der Waals surface area contributed by atoms with Crippen LogP contribution in [-0.4, -0.2) is 19.6 Å². The molecular formula is C16H25ClN2. The first kappa shape index (κ1) is 14.7. The molecule has 0 spiro atoms. The van der Waals surface area contributed by atoms with Crippen molar-refractivity contribution >= 4 is 17.3 Å². The molecule has 1 fully saturated rings. The van der Waals surface area contributed by atoms with Crippen LogP contribution in [0.15, 0.2) is 18.2 Å². The standard InChI is InChI=1S/C16H25ClN2/c1-3-8-18-12-14-4-5-15(11-16(14)17)19-9-6-13(2)7-10-19/h4-5,11,13,18H,3,6-10,12H2,1-2H3. The fourth-order valence-electron chi connectivity index (χ4n) is 2.54. The van der Waals surface area contributed by atoms with Crippen molar-refractivity contribution in [3.05, 3.63) is 28.8 Å². The van der Waals surface area contributed by atoms with Crippen molar-refractivity contribution in [2.75, 3.05) is 24.5 Å². The summed E-state index contributed by atoms with van der Waals surface area (Å²) in [5.41, 5.74) is 2.47. The predicted octanol–water partition coefficient (Wildman–Crippen LogP) is 4.08. The highest BCUT2D eigenvalue weighted by Crippen LogP contribution is 2.27. The third kappa shape index (κ3) is 4.12. The lowest BCUT2D eigenvalue weighted by molar-refractivity contribution is 0.438. The minimum atomic E-state index is 0.865. The number of nitrogens with one attached hydrogen (secondary N) is 1. The lowest BCUT2D eigenvalue weighted by Crippen LogP contribution is -2.32. The molecular weight excluding hydrogens is 256 g/mol. The number of benzene rings is 1. The molecule has 106 valence electrons. The summed E-state index contributed by atoms with van der Waals surface area (Å²) in [7, 11) is 0. The highest BCUT2D eigenvalue weighted by Gasteiger charge is 2.16. The first-order valence-corrected chi connectivity index (χ1v) is 7.82. The second-order valence-electron chi connectivity index (χ2n) is 5.62. The van der Waals surface area contributed by atoms with Crippen LogP contribution in [0.1, 0.15) is 38.7 Å². The van der Waals surface area contributed by atoms with E-state index in [4.69, 9.17) is 11.6 Å². The van der Waals surface area contributed by atoms with Gasteiger partial charge in [0.25, 0.3) is 0 Å². The van der Waals surface area contributed by atoms with Crippen LogP contribution in [0.25, 0.3) is 0 Å². The van der Waals surface area contributed by atoms with Gasteiger partial charge >= 0.3 is 0 Å². The maximum Gasteiger partial charge on any atom is 0.0471 e. The van der Waals surface area contributed by atoms with Gasteiger partial charge in [-0.05, 0) is 49.4 Å². The Morgan fingerprint density at radius 2 is 2.05 bits per heavy atom. The van der Waals surface area contributed by atoms with E-state index in [2.05, 4.69) is 42.3 Å². The van der Waals surface area contributed by atoms with Crippen molar-refractivity contribution in [1.29, 1.82) is 0 Å². The summed E-state index contributed by atoms with van der Waals surface area (Å²) in [5.74, 6) is 0.865. The van der Waals surface area contributed by atoms with E-state index < -0.39 is 0 Å². The molecule has 0 saturated carbocycles. The van der Waals surface area contributed by atoms with Gasteiger partial charge in [-0.25, -0.2) is 0 Å². The molecule has 0 amide bonds. The number of piperidine rings is 1. The van der Waals surface area contributed by atoms with Crippen molar-refractivity contribution < 1.29 is 0 Å². The summed E-state index contributed by atoms with van der Waals surface area (Å²) in [5, 5.41) is 4.29. The number of hydrogen-bond acceptors (Lipinski definition) is 2. The highest BCUT2D eigenvalue weighted by atomic mass is 35.5. The van der Waals surface area contributed by atoms with E-state index in [1.54, 1.807) is 0 Å². The number of halogens is 1. The van der Waals surface area contributed by atoms with Gasteiger partial charge in [0.15, 0.2) is 0 Å². The third-order valence-corrected chi connectivity index (χ3v) is 4.28. The molecule has 1 aliphatic heterocycles. The van der Waals surface area contributed by atoms with E-state index in [1.165, 1.54) is 24.1 Å². The van der Waals surface area contributed by atoms with Crippen LogP contribution in [0.5, 0.6) is 0 Å². The SMILES string of the molecule is CCCNCc1ccc(N2CCC(C)CC2)cc1Cl. The summed E-state index contributed by atoms with van der Waals surface area (Å²) >= 11 is 6.39. The summed E-state index contributed by atoms with van der Waals surface area (Å²) in [6.45, 7) is 8.74. The maximum absolute atomic E-state index is 6.39. The van der Waals surface area contributed by atoms with Gasteiger partial charge in [0.2, 0.25) is 0 Å². The van der Waals surface area contributed by atoms with Crippen LogP contribution in [0.4, 0.5) is 5.69 Å². The predicted molar refractivity (Wildman–Crippen MR) is 84.1 cm³/mol. The van der Waals surface area contributed by atoms with Gasteiger partial charge in [-0.1, -0.05) is 31.5 Å². The molecule has 1 aliphatic rings. The number of hydrogen-bond donors (Lipinski definition) is 1. The van der Waals surface area contributed by atoms with Crippen LogP contribution in [0.3, 0.4) is 0 Å². The highest BCUT2D eigenvalue weighted by molar-refractivity contribution is 6.31. The Kier molecular flexibility index (Phi) is 5.53. The molecule has 2 nitrogen and oxygen atoms in total. The first-order valence-electron chi connectivity index (χ1n) is 7.44. The Morgan fingerprint density at radius 3 is 2.68 bits per heavy atom. The molecule has 2 rings (SSSR count). The van der Waals surface area contributed by atoms with E-state index in [1.807, 2.05) is 0 Å². The van der Waals surface area contributed by atoms with E-state index in [0.717, 1.165) is 43.5 Å². The van der Waals surface area contributed by atoms with Gasteiger partial charge in [-0.2, -0.15) is 0 Å². The molecule has 0 bridgehead atoms. The lowest BCUT2D eigenvalue weighted by atomic mass is 9.98. The molecule has 1 aromatic rings. The lowest BCUT2D eigenvalue weighted by Gasteiger charge is -2.32. The van der Waals surface area contributed by atoms with Gasteiger partial charge in [0, 0.05) is 30.3 Å². The van der Waals surface area contributed by atoms with Crippen LogP contribution in [-0.2, 0) is 6.54 Å². The zero-order valence-corrected chi connectivity index (χ0v) is 12.8. The van der Waals surface area contributed by atoms with Gasteiger partial charge < -0.3 is 10.2 Å². The Balaban J connectivity index is 1.98. The Morgan fingerprint density at radius 1 is 1.32 bits per heavy atom. The molecule has 1 saturated heterocycles. The topological polar surface area (TPSA) is 15.3 Å². The average Bonchev–Trinajstić information content (AvgIpc) is 2.42. The molecule has 1 N–H and O–H groups in total. The second kappa shape index (κ2) is 7.16. The molecule has 0 atom stereocenters. The monoisotopic (exact) mass is 280 g/mol. The minimum absolute atomic E-state index is 0.865.